The van der Waals surface area contributed by atoms with Crippen molar-refractivity contribution in [3.8, 4) is 11.5 Å². The number of hydrogen-bond acceptors (Lipinski definition) is 13. The topological polar surface area (TPSA) is 260 Å². The summed E-state index contributed by atoms with van der Waals surface area (Å²) in [5.41, 5.74) is 7.00. The first-order valence-electron chi connectivity index (χ1n) is 26.5. The van der Waals surface area contributed by atoms with Gasteiger partial charge in [-0.15, -0.1) is 0 Å². The molecule has 0 aliphatic carbocycles. The zero-order valence-corrected chi connectivity index (χ0v) is 47.4. The Morgan fingerprint density at radius 1 is 0.558 bits per heavy atom. The quantitative estimate of drug-likeness (QED) is 0.0523. The number of amides is 6. The highest BCUT2D eigenvalue weighted by Gasteiger charge is 2.47. The molecular formula is C58H83N9O10. The fourth-order valence-electron chi connectivity index (χ4n) is 9.86. The van der Waals surface area contributed by atoms with Gasteiger partial charge in [0.15, 0.2) is 11.6 Å². The van der Waals surface area contributed by atoms with E-state index in [1.807, 2.05) is 79.7 Å². The third-order valence-electron chi connectivity index (χ3n) is 14.9. The number of nitrogens with two attached hydrogens (primary N) is 1. The molecule has 2 fully saturated rings. The predicted molar refractivity (Wildman–Crippen MR) is 295 cm³/mol. The predicted octanol–water partition coefficient (Wildman–Crippen LogP) is 4.90. The van der Waals surface area contributed by atoms with E-state index >= 15 is 0 Å². The van der Waals surface area contributed by atoms with Crippen LogP contribution in [0.15, 0.2) is 66.7 Å². The highest BCUT2D eigenvalue weighted by atomic mass is 16.5. The van der Waals surface area contributed by atoms with Crippen LogP contribution in [0.5, 0.6) is 11.5 Å². The Morgan fingerprint density at radius 2 is 0.896 bits per heavy atom. The van der Waals surface area contributed by atoms with Crippen LogP contribution in [0.2, 0.25) is 0 Å². The lowest BCUT2D eigenvalue weighted by molar-refractivity contribution is -0.144. The second-order valence-corrected chi connectivity index (χ2v) is 23.0. The molecule has 8 N–H and O–H groups in total. The zero-order valence-electron chi connectivity index (χ0n) is 47.4. The van der Waals surface area contributed by atoms with Crippen molar-refractivity contribution in [2.24, 2.45) is 22.7 Å². The molecule has 5 rings (SSSR count). The summed E-state index contributed by atoms with van der Waals surface area (Å²) in [4.78, 5) is 116. The summed E-state index contributed by atoms with van der Waals surface area (Å²) < 4.78 is 10.6. The Kier molecular flexibility index (Phi) is 20.6. The molecule has 6 amide bonds. The van der Waals surface area contributed by atoms with Crippen LogP contribution >= 0.6 is 0 Å². The number of benzene rings is 3. The lowest BCUT2D eigenvalue weighted by atomic mass is 9.85. The van der Waals surface area contributed by atoms with Crippen LogP contribution in [0.25, 0.3) is 0 Å². The second kappa shape index (κ2) is 26.0. The van der Waals surface area contributed by atoms with Gasteiger partial charge in [-0.25, -0.2) is 0 Å². The van der Waals surface area contributed by atoms with Gasteiger partial charge in [-0.05, 0) is 131 Å². The minimum Gasteiger partial charge on any atom is -0.497 e. The van der Waals surface area contributed by atoms with Crippen molar-refractivity contribution in [3.63, 3.8) is 0 Å². The number of hydrogen-bond donors (Lipinski definition) is 7. The molecule has 0 aromatic heterocycles. The van der Waals surface area contributed by atoms with Crippen molar-refractivity contribution in [2.45, 2.75) is 143 Å². The van der Waals surface area contributed by atoms with Gasteiger partial charge in [0.05, 0.1) is 38.4 Å². The van der Waals surface area contributed by atoms with Gasteiger partial charge in [-0.3, -0.25) is 38.4 Å². The number of nitrogens with one attached hydrogen (secondary N) is 6. The molecule has 0 bridgehead atoms. The standard InChI is InChI=1S/C58H83N9O10/c1-32(38-15-19-43(76-13)20-16-38)62-53(72)45-23-36(30-66(45)55(74)49(57(5,6)7)64-51(70)34(3)60-11)25-47(68)40-27-41(29-42(59)28-40)48(69)26-37-24-46(54(73)63-33(2)39-17-21-44(77-14)22-18-39)67(31-37)56(75)50(58(8,9)10)65-52(71)35(4)61-12/h15-22,27-29,32-37,45-46,49-50,60-61H,23-26,30-31,59H2,1-14H3,(H,62,72)(H,63,73)(H,64,70)(H,65,71)/t32-,33-,34+,35+,36-,37-,45+,46+,49-,50-/m1/s1. The first-order valence-corrected chi connectivity index (χ1v) is 26.5. The van der Waals surface area contributed by atoms with Crippen LogP contribution in [-0.4, -0.2) is 134 Å². The van der Waals surface area contributed by atoms with E-state index in [4.69, 9.17) is 15.2 Å². The number of ketones is 2. The zero-order chi connectivity index (χ0) is 57.3. The summed E-state index contributed by atoms with van der Waals surface area (Å²) in [6.45, 7) is 18.1. The molecule has 2 saturated heterocycles. The normalized spacial score (nSPS) is 19.9. The van der Waals surface area contributed by atoms with Crippen molar-refractivity contribution in [3.05, 3.63) is 89.0 Å². The van der Waals surface area contributed by atoms with Gasteiger partial charge in [0.1, 0.15) is 35.7 Å². The van der Waals surface area contributed by atoms with E-state index in [9.17, 15) is 38.4 Å². The number of carbonyl (C=O) groups excluding carboxylic acids is 8. The summed E-state index contributed by atoms with van der Waals surface area (Å²) in [6.07, 6.45) is 0.102. The minimum absolute atomic E-state index is 0.0382. The van der Waals surface area contributed by atoms with E-state index in [0.717, 1.165) is 11.1 Å². The van der Waals surface area contributed by atoms with E-state index in [0.29, 0.717) is 11.5 Å². The SMILES string of the molecule is CN[C@@H](C)C(=O)N[C@H](C(=O)N1C[C@@H](CC(=O)c2cc(N)cc(C(=O)C[C@H]3C[C@@H](C(=O)N[C@H](C)c4ccc(OC)cc4)N(C(=O)[C@@H](NC(=O)[C@H](C)NC)C(C)(C)C)C3)c2)C[C@H]1C(=O)N[C@H](C)c1ccc(OC)cc1)C(C)(C)C. The average molecular weight is 1070 g/mol. The number of likely N-dealkylation sites (tertiary alicyclic amines) is 2. The fourth-order valence-corrected chi connectivity index (χ4v) is 9.86. The number of nitrogens with zero attached hydrogens (tertiary/aromatic N) is 2. The Balaban J connectivity index is 1.38. The lowest BCUT2D eigenvalue weighted by Crippen LogP contribution is -2.59. The number of likely N-dealkylation sites (N-methyl/N-ethyl adjacent to an activating group) is 2. The number of nitrogen functional groups attached to an aromatic ring is 1. The summed E-state index contributed by atoms with van der Waals surface area (Å²) in [5.74, 6) is -2.93. The van der Waals surface area contributed by atoms with Crippen molar-refractivity contribution in [2.75, 3.05) is 47.1 Å². The van der Waals surface area contributed by atoms with E-state index in [-0.39, 0.29) is 79.0 Å². The van der Waals surface area contributed by atoms with E-state index in [1.165, 1.54) is 28.0 Å². The second-order valence-electron chi connectivity index (χ2n) is 23.0. The van der Waals surface area contributed by atoms with Crippen molar-refractivity contribution in [1.82, 2.24) is 41.7 Å². The van der Waals surface area contributed by atoms with Crippen LogP contribution in [-0.2, 0) is 28.8 Å². The Bertz CT molecular complexity index is 2440. The maximum atomic E-state index is 14.7. The minimum atomic E-state index is -1.01. The summed E-state index contributed by atoms with van der Waals surface area (Å²) in [5, 5.41) is 17.7. The molecule has 19 nitrogen and oxygen atoms in total. The molecule has 77 heavy (non-hydrogen) atoms. The molecule has 2 aliphatic heterocycles. The van der Waals surface area contributed by atoms with Crippen molar-refractivity contribution >= 4 is 52.7 Å². The van der Waals surface area contributed by atoms with Crippen LogP contribution < -0.4 is 47.1 Å². The summed E-state index contributed by atoms with van der Waals surface area (Å²) in [6, 6.07) is 12.9. The average Bonchev–Trinajstić information content (AvgIpc) is 4.02. The molecule has 0 radical (unpaired) electrons. The molecule has 3 aromatic carbocycles. The highest BCUT2D eigenvalue weighted by Crippen LogP contribution is 2.35. The van der Waals surface area contributed by atoms with E-state index in [1.54, 1.807) is 66.4 Å². The number of ether oxygens (including phenoxy) is 2. The number of rotatable bonds is 22. The van der Waals surface area contributed by atoms with Crippen molar-refractivity contribution in [1.29, 1.82) is 0 Å². The lowest BCUT2D eigenvalue weighted by Gasteiger charge is -2.36. The molecule has 3 aromatic rings. The smallest absolute Gasteiger partial charge is 0.246 e. The number of methoxy groups -OCH3 is 2. The molecule has 420 valence electrons. The molecular weight excluding hydrogens is 983 g/mol. The van der Waals surface area contributed by atoms with Crippen LogP contribution in [0, 0.1) is 22.7 Å². The fraction of sp³-hybridized carbons (Fsp3) is 0.552. The molecule has 10 atom stereocenters. The molecule has 19 heteroatoms. The van der Waals surface area contributed by atoms with Crippen LogP contribution in [0.1, 0.15) is 139 Å². The van der Waals surface area contributed by atoms with E-state index in [2.05, 4.69) is 31.9 Å². The third-order valence-corrected chi connectivity index (χ3v) is 14.9. The molecule has 2 aliphatic rings. The van der Waals surface area contributed by atoms with Gasteiger partial charge in [-0.2, -0.15) is 0 Å². The largest absolute Gasteiger partial charge is 0.497 e. The Morgan fingerprint density at radius 3 is 1.19 bits per heavy atom. The number of carbonyl (C=O) groups is 8. The van der Waals surface area contributed by atoms with Crippen LogP contribution in [0.4, 0.5) is 5.69 Å². The Hall–Kier alpha value is -6.86. The monoisotopic (exact) mass is 1070 g/mol. The maximum Gasteiger partial charge on any atom is 0.246 e. The molecule has 2 heterocycles. The summed E-state index contributed by atoms with van der Waals surface area (Å²) in [7, 11) is 6.41. The first-order chi connectivity index (χ1) is 36.1. The number of Topliss-reactive ketones (excluding diaryl/α,β-unsaturated/α-hetero) is 2. The maximum absolute atomic E-state index is 14.7. The van der Waals surface area contributed by atoms with Gasteiger partial charge in [-0.1, -0.05) is 65.8 Å². The van der Waals surface area contributed by atoms with Gasteiger partial charge in [0.2, 0.25) is 35.4 Å². The number of anilines is 1. The van der Waals surface area contributed by atoms with E-state index < -0.39 is 94.6 Å². The van der Waals surface area contributed by atoms with Crippen molar-refractivity contribution < 1.29 is 47.8 Å². The highest BCUT2D eigenvalue weighted by molar-refractivity contribution is 6.03. The van der Waals surface area contributed by atoms with Crippen LogP contribution in [0.3, 0.4) is 0 Å². The van der Waals surface area contributed by atoms with Gasteiger partial charge in [0.25, 0.3) is 0 Å². The van der Waals surface area contributed by atoms with Gasteiger partial charge < -0.3 is 56.9 Å². The Labute approximate surface area is 454 Å². The van der Waals surface area contributed by atoms with Gasteiger partial charge >= 0.3 is 0 Å². The molecule has 0 unspecified atom stereocenters. The van der Waals surface area contributed by atoms with Gasteiger partial charge in [0, 0.05) is 42.7 Å². The summed E-state index contributed by atoms with van der Waals surface area (Å²) >= 11 is 0. The molecule has 0 saturated carbocycles. The first kappa shape index (κ1) is 61.0. The molecule has 0 spiro atoms. The third kappa shape index (κ3) is 15.6.